The van der Waals surface area contributed by atoms with Crippen molar-refractivity contribution in [3.05, 3.63) is 72.3 Å². The van der Waals surface area contributed by atoms with Crippen LogP contribution in [0.5, 0.6) is 0 Å². The lowest BCUT2D eigenvalue weighted by atomic mass is 9.90. The highest BCUT2D eigenvalue weighted by Gasteiger charge is 2.23. The van der Waals surface area contributed by atoms with E-state index in [2.05, 4.69) is 55.9 Å². The number of H-pyrrole nitrogens is 1. The van der Waals surface area contributed by atoms with Crippen LogP contribution in [0.2, 0.25) is 0 Å². The quantitative estimate of drug-likeness (QED) is 0.375. The van der Waals surface area contributed by atoms with Gasteiger partial charge in [-0.2, -0.15) is 0 Å². The first-order chi connectivity index (χ1) is 17.6. The first-order valence-electron chi connectivity index (χ1n) is 12.7. The zero-order valence-electron chi connectivity index (χ0n) is 20.4. The minimum absolute atomic E-state index is 0.182. The number of rotatable bonds is 6. The van der Waals surface area contributed by atoms with Crippen LogP contribution < -0.4 is 10.6 Å². The van der Waals surface area contributed by atoms with Crippen molar-refractivity contribution in [2.24, 2.45) is 5.92 Å². The molecule has 182 valence electrons. The Kier molecular flexibility index (Phi) is 6.07. The third-order valence-corrected chi connectivity index (χ3v) is 7.23. The van der Waals surface area contributed by atoms with E-state index in [9.17, 15) is 4.79 Å². The Balaban J connectivity index is 1.21. The van der Waals surface area contributed by atoms with Gasteiger partial charge in [0.2, 0.25) is 5.91 Å². The molecule has 3 N–H and O–H groups in total. The Morgan fingerprint density at radius 2 is 2.00 bits per heavy atom. The third-order valence-electron chi connectivity index (χ3n) is 7.23. The van der Waals surface area contributed by atoms with Crippen LogP contribution in [-0.2, 0) is 4.79 Å². The van der Waals surface area contributed by atoms with Crippen LogP contribution >= 0.6 is 0 Å². The second kappa shape index (κ2) is 9.66. The molecule has 2 aliphatic rings. The molecular weight excluding hydrogens is 448 g/mol. The van der Waals surface area contributed by atoms with E-state index in [-0.39, 0.29) is 11.9 Å². The van der Waals surface area contributed by atoms with Crippen LogP contribution in [-0.4, -0.2) is 45.0 Å². The van der Waals surface area contributed by atoms with E-state index in [0.717, 1.165) is 77.2 Å². The van der Waals surface area contributed by atoms with Gasteiger partial charge in [0.05, 0.1) is 28.9 Å². The molecule has 0 spiro atoms. The molecule has 1 atom stereocenters. The van der Waals surface area contributed by atoms with Gasteiger partial charge in [-0.3, -0.25) is 14.8 Å². The predicted molar refractivity (Wildman–Crippen MR) is 142 cm³/mol. The second-order valence-corrected chi connectivity index (χ2v) is 9.92. The summed E-state index contributed by atoms with van der Waals surface area (Å²) in [6.07, 6.45) is 9.34. The SMILES string of the molecule is Cc1cccc(-c2[nH]cnc2-c2ccc3ncc(C4=CC[C@H](NC(=O)CC5CNC5)CC4)cc3c2)n1. The van der Waals surface area contributed by atoms with Crippen LogP contribution in [0.15, 0.2) is 61.1 Å². The number of allylic oxidation sites excluding steroid dienone is 1. The van der Waals surface area contributed by atoms with Gasteiger partial charge in [-0.1, -0.05) is 18.2 Å². The smallest absolute Gasteiger partial charge is 0.220 e. The Morgan fingerprint density at radius 3 is 2.78 bits per heavy atom. The summed E-state index contributed by atoms with van der Waals surface area (Å²) in [6.45, 7) is 3.91. The van der Waals surface area contributed by atoms with Crippen LogP contribution in [0, 0.1) is 12.8 Å². The van der Waals surface area contributed by atoms with E-state index in [1.54, 1.807) is 6.33 Å². The maximum atomic E-state index is 12.3. The van der Waals surface area contributed by atoms with Gasteiger partial charge < -0.3 is 15.6 Å². The number of amides is 1. The summed E-state index contributed by atoms with van der Waals surface area (Å²) in [5.74, 6) is 0.681. The first-order valence-corrected chi connectivity index (χ1v) is 12.7. The molecule has 0 radical (unpaired) electrons. The minimum atomic E-state index is 0.182. The van der Waals surface area contributed by atoms with Gasteiger partial charge in [0.15, 0.2) is 0 Å². The van der Waals surface area contributed by atoms with Crippen LogP contribution in [0.1, 0.15) is 36.9 Å². The molecule has 7 heteroatoms. The van der Waals surface area contributed by atoms with Crippen molar-refractivity contribution in [1.29, 1.82) is 0 Å². The van der Waals surface area contributed by atoms with E-state index >= 15 is 0 Å². The van der Waals surface area contributed by atoms with E-state index in [1.165, 1.54) is 5.57 Å². The van der Waals surface area contributed by atoms with E-state index < -0.39 is 0 Å². The topological polar surface area (TPSA) is 95.6 Å². The molecule has 36 heavy (non-hydrogen) atoms. The average molecular weight is 479 g/mol. The fourth-order valence-corrected chi connectivity index (χ4v) is 5.11. The number of carbonyl (C=O) groups excluding carboxylic acids is 1. The van der Waals surface area contributed by atoms with Gasteiger partial charge >= 0.3 is 0 Å². The lowest BCUT2D eigenvalue weighted by molar-refractivity contribution is -0.123. The molecule has 4 aromatic rings. The second-order valence-electron chi connectivity index (χ2n) is 9.92. The minimum Gasteiger partial charge on any atom is -0.353 e. The van der Waals surface area contributed by atoms with Crippen molar-refractivity contribution in [2.75, 3.05) is 13.1 Å². The van der Waals surface area contributed by atoms with Gasteiger partial charge in [-0.05, 0) is 86.7 Å². The molecule has 1 aliphatic carbocycles. The van der Waals surface area contributed by atoms with Gasteiger partial charge in [-0.15, -0.1) is 0 Å². The molecule has 1 aromatic carbocycles. The van der Waals surface area contributed by atoms with Gasteiger partial charge in [0.25, 0.3) is 0 Å². The largest absolute Gasteiger partial charge is 0.353 e. The van der Waals surface area contributed by atoms with Crippen molar-refractivity contribution in [3.8, 4) is 22.6 Å². The number of pyridine rings is 2. The molecular formula is C29H30N6O. The van der Waals surface area contributed by atoms with Crippen LogP contribution in [0.4, 0.5) is 0 Å². The lowest BCUT2D eigenvalue weighted by Crippen LogP contribution is -2.46. The number of hydrogen-bond acceptors (Lipinski definition) is 5. The summed E-state index contributed by atoms with van der Waals surface area (Å²) >= 11 is 0. The molecule has 0 saturated carbocycles. The number of benzene rings is 1. The zero-order valence-corrected chi connectivity index (χ0v) is 20.4. The van der Waals surface area contributed by atoms with Crippen molar-refractivity contribution < 1.29 is 4.79 Å². The summed E-state index contributed by atoms with van der Waals surface area (Å²) in [4.78, 5) is 29.6. The Bertz CT molecular complexity index is 1450. The molecule has 1 aliphatic heterocycles. The number of imidazole rings is 1. The number of aromatic nitrogens is 4. The predicted octanol–water partition coefficient (Wildman–Crippen LogP) is 4.66. The number of nitrogens with one attached hydrogen (secondary N) is 3. The number of hydrogen-bond donors (Lipinski definition) is 3. The number of fused-ring (bicyclic) bond motifs is 1. The molecule has 3 aromatic heterocycles. The third kappa shape index (κ3) is 4.66. The van der Waals surface area contributed by atoms with Gasteiger partial charge in [0.1, 0.15) is 0 Å². The van der Waals surface area contributed by atoms with Crippen LogP contribution in [0.25, 0.3) is 39.1 Å². The fourth-order valence-electron chi connectivity index (χ4n) is 5.11. The van der Waals surface area contributed by atoms with Crippen molar-refractivity contribution >= 4 is 22.4 Å². The Labute approximate surface area is 210 Å². The van der Waals surface area contributed by atoms with E-state index in [1.807, 2.05) is 31.3 Å². The summed E-state index contributed by atoms with van der Waals surface area (Å²) in [7, 11) is 0. The number of nitrogens with zero attached hydrogens (tertiary/aromatic N) is 3. The Hall–Kier alpha value is -3.84. The summed E-state index contributed by atoms with van der Waals surface area (Å²) in [6, 6.07) is 14.7. The molecule has 4 heterocycles. The first kappa shape index (κ1) is 22.6. The molecule has 0 bridgehead atoms. The highest BCUT2D eigenvalue weighted by atomic mass is 16.1. The standard InChI is InChI=1S/C29H30N6O/c1-18-3-2-4-26(34-18)29-28(32-17-33-29)21-7-10-25-22(12-21)13-23(16-31-25)20-5-8-24(9-6-20)35-27(36)11-19-14-30-15-19/h2-5,7,10,12-13,16-17,19,24,30H,6,8-9,11,14-15H2,1H3,(H,32,33)(H,35,36)/t24-/m0/s1. The van der Waals surface area contributed by atoms with E-state index in [4.69, 9.17) is 4.98 Å². The molecule has 1 amide bonds. The molecule has 6 rings (SSSR count). The van der Waals surface area contributed by atoms with Crippen molar-refractivity contribution in [1.82, 2.24) is 30.6 Å². The van der Waals surface area contributed by atoms with E-state index in [0.29, 0.717) is 12.3 Å². The number of aromatic amines is 1. The zero-order chi connectivity index (χ0) is 24.5. The maximum absolute atomic E-state index is 12.3. The van der Waals surface area contributed by atoms with Crippen molar-refractivity contribution in [2.45, 2.75) is 38.6 Å². The average Bonchev–Trinajstić information content (AvgIpc) is 3.36. The van der Waals surface area contributed by atoms with Gasteiger partial charge in [-0.25, -0.2) is 4.98 Å². The normalized spacial score (nSPS) is 18.0. The highest BCUT2D eigenvalue weighted by molar-refractivity contribution is 5.89. The highest BCUT2D eigenvalue weighted by Crippen LogP contribution is 2.32. The monoisotopic (exact) mass is 478 g/mol. The van der Waals surface area contributed by atoms with Gasteiger partial charge in [0, 0.05) is 35.3 Å². The number of aryl methyl sites for hydroxylation is 1. The molecule has 1 fully saturated rings. The summed E-state index contributed by atoms with van der Waals surface area (Å²) < 4.78 is 0. The fraction of sp³-hybridized carbons (Fsp3) is 0.310. The molecule has 0 unspecified atom stereocenters. The summed E-state index contributed by atoms with van der Waals surface area (Å²) in [5.41, 5.74) is 8.09. The molecule has 7 nitrogen and oxygen atoms in total. The maximum Gasteiger partial charge on any atom is 0.220 e. The van der Waals surface area contributed by atoms with Crippen molar-refractivity contribution in [3.63, 3.8) is 0 Å². The Morgan fingerprint density at radius 1 is 1.11 bits per heavy atom. The lowest BCUT2D eigenvalue weighted by Gasteiger charge is -2.28. The summed E-state index contributed by atoms with van der Waals surface area (Å²) in [5, 5.41) is 7.53. The molecule has 1 saturated heterocycles. The van der Waals surface area contributed by atoms with Crippen LogP contribution in [0.3, 0.4) is 0 Å². The number of carbonyl (C=O) groups is 1.